The topological polar surface area (TPSA) is 63.4 Å². The van der Waals surface area contributed by atoms with Crippen LogP contribution in [0.2, 0.25) is 0 Å². The average Bonchev–Trinajstić information content (AvgIpc) is 2.27. The summed E-state index contributed by atoms with van der Waals surface area (Å²) in [4.78, 5) is 0. The molecular weight excluding hydrogens is 248 g/mol. The Kier molecular flexibility index (Phi) is 4.04. The number of nitrogens with two attached hydrogens (primary N) is 1. The minimum atomic E-state index is -3.23. The van der Waals surface area contributed by atoms with Crippen LogP contribution >= 0.6 is 0 Å². The second kappa shape index (κ2) is 5.38. The van der Waals surface area contributed by atoms with Crippen LogP contribution in [0.3, 0.4) is 0 Å². The molecule has 0 atom stereocenters. The third kappa shape index (κ3) is 2.74. The monoisotopic (exact) mass is 268 g/mol. The number of rotatable bonds is 5. The maximum atomic E-state index is 12.3. The first-order valence-electron chi connectivity index (χ1n) is 6.27. The molecule has 0 radical (unpaired) electrons. The third-order valence-electron chi connectivity index (χ3n) is 3.70. The van der Waals surface area contributed by atoms with E-state index in [1.54, 1.807) is 7.05 Å². The molecule has 1 saturated carbocycles. The maximum absolute atomic E-state index is 12.3. The minimum Gasteiger partial charge on any atom is -0.326 e. The van der Waals surface area contributed by atoms with Crippen LogP contribution in [0.5, 0.6) is 0 Å². The second-order valence-electron chi connectivity index (χ2n) is 4.83. The number of nitrogens with zero attached hydrogens (tertiary/aromatic N) is 1. The lowest BCUT2D eigenvalue weighted by atomic mass is 9.94. The molecule has 5 heteroatoms. The smallest absolute Gasteiger partial charge is 0.218 e. The fraction of sp³-hybridized carbons (Fsp3) is 0.538. The Morgan fingerprint density at radius 3 is 2.39 bits per heavy atom. The van der Waals surface area contributed by atoms with Crippen LogP contribution in [0.25, 0.3) is 0 Å². The standard InChI is InChI=1S/C13H20N2O2S/c1-15(13-7-4-8-13)18(16,17)10-12-6-3-2-5-11(12)9-14/h2-3,5-6,13H,4,7-10,14H2,1H3. The molecule has 18 heavy (non-hydrogen) atoms. The fourth-order valence-corrected chi connectivity index (χ4v) is 3.72. The zero-order valence-electron chi connectivity index (χ0n) is 10.7. The highest BCUT2D eigenvalue weighted by atomic mass is 32.2. The van der Waals surface area contributed by atoms with E-state index < -0.39 is 10.0 Å². The summed E-state index contributed by atoms with van der Waals surface area (Å²) in [6, 6.07) is 7.66. The summed E-state index contributed by atoms with van der Waals surface area (Å²) < 4.78 is 26.1. The highest BCUT2D eigenvalue weighted by Crippen LogP contribution is 2.27. The predicted octanol–water partition coefficient (Wildman–Crippen LogP) is 1.46. The average molecular weight is 268 g/mol. The van der Waals surface area contributed by atoms with Crippen LogP contribution in [0.4, 0.5) is 0 Å². The van der Waals surface area contributed by atoms with E-state index in [1.807, 2.05) is 24.3 Å². The largest absolute Gasteiger partial charge is 0.326 e. The molecule has 1 aliphatic rings. The molecule has 0 heterocycles. The maximum Gasteiger partial charge on any atom is 0.218 e. The van der Waals surface area contributed by atoms with Gasteiger partial charge in [-0.25, -0.2) is 12.7 Å². The van der Waals surface area contributed by atoms with Crippen LogP contribution in [0.15, 0.2) is 24.3 Å². The summed E-state index contributed by atoms with van der Waals surface area (Å²) in [6.07, 6.45) is 3.09. The zero-order chi connectivity index (χ0) is 13.2. The van der Waals surface area contributed by atoms with Crippen molar-refractivity contribution in [2.24, 2.45) is 5.73 Å². The van der Waals surface area contributed by atoms with Gasteiger partial charge in [0.05, 0.1) is 5.75 Å². The summed E-state index contributed by atoms with van der Waals surface area (Å²) in [6.45, 7) is 0.374. The number of hydrogen-bond donors (Lipinski definition) is 1. The van der Waals surface area contributed by atoms with E-state index in [4.69, 9.17) is 5.73 Å². The van der Waals surface area contributed by atoms with Gasteiger partial charge < -0.3 is 5.73 Å². The van der Waals surface area contributed by atoms with Gasteiger partial charge in [-0.3, -0.25) is 0 Å². The van der Waals surface area contributed by atoms with Crippen LogP contribution in [0.1, 0.15) is 30.4 Å². The summed E-state index contributed by atoms with van der Waals surface area (Å²) in [5.41, 5.74) is 7.35. The summed E-state index contributed by atoms with van der Waals surface area (Å²) >= 11 is 0. The van der Waals surface area contributed by atoms with Crippen LogP contribution < -0.4 is 5.73 Å². The molecule has 4 nitrogen and oxygen atoms in total. The molecule has 0 bridgehead atoms. The van der Waals surface area contributed by atoms with Gasteiger partial charge >= 0.3 is 0 Å². The van der Waals surface area contributed by atoms with Gasteiger partial charge in [-0.15, -0.1) is 0 Å². The number of hydrogen-bond acceptors (Lipinski definition) is 3. The highest BCUT2D eigenvalue weighted by molar-refractivity contribution is 7.88. The van der Waals surface area contributed by atoms with Crippen molar-refractivity contribution >= 4 is 10.0 Å². The van der Waals surface area contributed by atoms with E-state index in [2.05, 4.69) is 0 Å². The summed E-state index contributed by atoms with van der Waals surface area (Å²) in [7, 11) is -1.54. The fourth-order valence-electron chi connectivity index (χ4n) is 2.17. The first-order valence-corrected chi connectivity index (χ1v) is 7.88. The minimum absolute atomic E-state index is 0.0490. The van der Waals surface area contributed by atoms with Crippen LogP contribution in [-0.4, -0.2) is 25.8 Å². The molecule has 0 amide bonds. The van der Waals surface area contributed by atoms with Gasteiger partial charge in [-0.2, -0.15) is 0 Å². The molecular formula is C13H20N2O2S. The van der Waals surface area contributed by atoms with Crippen molar-refractivity contribution in [3.05, 3.63) is 35.4 Å². The van der Waals surface area contributed by atoms with E-state index in [0.29, 0.717) is 6.54 Å². The van der Waals surface area contributed by atoms with Gasteiger partial charge in [0.15, 0.2) is 0 Å². The molecule has 2 rings (SSSR count). The third-order valence-corrected chi connectivity index (χ3v) is 5.56. The van der Waals surface area contributed by atoms with Crippen molar-refractivity contribution in [2.75, 3.05) is 7.05 Å². The first-order chi connectivity index (χ1) is 8.54. The lowest BCUT2D eigenvalue weighted by molar-refractivity contribution is 0.249. The van der Waals surface area contributed by atoms with Crippen molar-refractivity contribution in [3.63, 3.8) is 0 Å². The van der Waals surface area contributed by atoms with Gasteiger partial charge in [0, 0.05) is 19.6 Å². The molecule has 2 N–H and O–H groups in total. The van der Waals surface area contributed by atoms with Crippen molar-refractivity contribution in [1.82, 2.24) is 4.31 Å². The molecule has 0 aromatic heterocycles. The van der Waals surface area contributed by atoms with Crippen molar-refractivity contribution in [1.29, 1.82) is 0 Å². The molecule has 1 aromatic rings. The van der Waals surface area contributed by atoms with E-state index in [0.717, 1.165) is 30.4 Å². The summed E-state index contributed by atoms with van der Waals surface area (Å²) in [5.74, 6) is 0.0490. The predicted molar refractivity (Wildman–Crippen MR) is 72.4 cm³/mol. The highest BCUT2D eigenvalue weighted by Gasteiger charge is 2.30. The van der Waals surface area contributed by atoms with Gasteiger partial charge in [-0.05, 0) is 24.0 Å². The van der Waals surface area contributed by atoms with Gasteiger partial charge in [-0.1, -0.05) is 30.7 Å². The van der Waals surface area contributed by atoms with Crippen molar-refractivity contribution in [2.45, 2.75) is 37.6 Å². The normalized spacial score (nSPS) is 16.8. The Bertz CT molecular complexity index is 509. The van der Waals surface area contributed by atoms with E-state index in [-0.39, 0.29) is 11.8 Å². The van der Waals surface area contributed by atoms with Gasteiger partial charge in [0.2, 0.25) is 10.0 Å². The van der Waals surface area contributed by atoms with Crippen molar-refractivity contribution < 1.29 is 8.42 Å². The molecule has 0 saturated heterocycles. The Balaban J connectivity index is 2.16. The second-order valence-corrected chi connectivity index (χ2v) is 6.86. The van der Waals surface area contributed by atoms with Gasteiger partial charge in [0.1, 0.15) is 0 Å². The molecule has 0 unspecified atom stereocenters. The molecule has 0 spiro atoms. The van der Waals surface area contributed by atoms with Gasteiger partial charge in [0.25, 0.3) is 0 Å². The quantitative estimate of drug-likeness (QED) is 0.879. The molecule has 0 aliphatic heterocycles. The first kappa shape index (κ1) is 13.5. The molecule has 1 aromatic carbocycles. The van der Waals surface area contributed by atoms with E-state index >= 15 is 0 Å². The SMILES string of the molecule is CN(C1CCC1)S(=O)(=O)Cc1ccccc1CN. The Hall–Kier alpha value is -0.910. The van der Waals surface area contributed by atoms with E-state index in [1.165, 1.54) is 4.31 Å². The number of benzene rings is 1. The van der Waals surface area contributed by atoms with E-state index in [9.17, 15) is 8.42 Å². The molecule has 1 fully saturated rings. The molecule has 100 valence electrons. The Labute approximate surface area is 109 Å². The lowest BCUT2D eigenvalue weighted by Gasteiger charge is -2.33. The summed E-state index contributed by atoms with van der Waals surface area (Å²) in [5, 5.41) is 0. The van der Waals surface area contributed by atoms with Crippen molar-refractivity contribution in [3.8, 4) is 0 Å². The van der Waals surface area contributed by atoms with Crippen LogP contribution in [-0.2, 0) is 22.3 Å². The zero-order valence-corrected chi connectivity index (χ0v) is 11.5. The Morgan fingerprint density at radius 2 is 1.89 bits per heavy atom. The molecule has 1 aliphatic carbocycles. The van der Waals surface area contributed by atoms with Crippen LogP contribution in [0, 0.1) is 0 Å². The lowest BCUT2D eigenvalue weighted by Crippen LogP contribution is -2.41. The Morgan fingerprint density at radius 1 is 1.28 bits per heavy atom. The number of sulfonamides is 1.